The fourth-order valence-electron chi connectivity index (χ4n) is 5.15. The molecule has 6 heteroatoms. The second-order valence-corrected chi connectivity index (χ2v) is 8.71. The molecule has 2 aromatic rings. The standard InChI is InChI=1S/C23H28ClN3O2/c24-18-6-3-7-19(15-18)26-22(21(25)29)9-11-23(12-10-22)20-8-2-1-5-17(20)16-27(23)13-4-14-28/h1-3,5-8,15,26,28H,4,9-14,16H2,(H2,25,29). The molecule has 4 rings (SSSR count). The minimum atomic E-state index is -0.782. The second-order valence-electron chi connectivity index (χ2n) is 8.27. The Labute approximate surface area is 176 Å². The first-order valence-electron chi connectivity index (χ1n) is 10.3. The zero-order chi connectivity index (χ0) is 20.5. The summed E-state index contributed by atoms with van der Waals surface area (Å²) in [4.78, 5) is 15.0. The van der Waals surface area contributed by atoms with Crippen molar-refractivity contribution < 1.29 is 9.90 Å². The van der Waals surface area contributed by atoms with Crippen molar-refractivity contribution in [2.75, 3.05) is 18.5 Å². The Morgan fingerprint density at radius 3 is 2.59 bits per heavy atom. The van der Waals surface area contributed by atoms with Gasteiger partial charge in [0.25, 0.3) is 0 Å². The van der Waals surface area contributed by atoms with Crippen molar-refractivity contribution in [2.45, 2.75) is 49.7 Å². The molecule has 1 aliphatic carbocycles. The van der Waals surface area contributed by atoms with Crippen LogP contribution in [0.15, 0.2) is 48.5 Å². The van der Waals surface area contributed by atoms with Crippen LogP contribution in [-0.2, 0) is 16.9 Å². The number of hydrogen-bond acceptors (Lipinski definition) is 4. The molecule has 1 amide bonds. The number of hydrogen-bond donors (Lipinski definition) is 3. The van der Waals surface area contributed by atoms with Gasteiger partial charge in [-0.25, -0.2) is 0 Å². The summed E-state index contributed by atoms with van der Waals surface area (Å²) < 4.78 is 0. The molecule has 1 saturated carbocycles. The van der Waals surface area contributed by atoms with Gasteiger partial charge in [0.05, 0.1) is 0 Å². The van der Waals surface area contributed by atoms with Crippen LogP contribution in [0, 0.1) is 0 Å². The second kappa shape index (κ2) is 7.98. The van der Waals surface area contributed by atoms with Gasteiger partial charge in [0, 0.05) is 35.9 Å². The van der Waals surface area contributed by atoms with Gasteiger partial charge in [-0.3, -0.25) is 9.69 Å². The van der Waals surface area contributed by atoms with Crippen LogP contribution in [0.5, 0.6) is 0 Å². The Hall–Kier alpha value is -2.08. The number of rotatable bonds is 6. The number of fused-ring (bicyclic) bond motifs is 2. The minimum absolute atomic E-state index is 0.0965. The van der Waals surface area contributed by atoms with E-state index in [1.807, 2.05) is 24.3 Å². The molecule has 4 N–H and O–H groups in total. The molecule has 154 valence electrons. The highest BCUT2D eigenvalue weighted by atomic mass is 35.5. The molecule has 5 nitrogen and oxygen atoms in total. The van der Waals surface area contributed by atoms with Crippen molar-refractivity contribution in [1.82, 2.24) is 4.90 Å². The largest absolute Gasteiger partial charge is 0.396 e. The summed E-state index contributed by atoms with van der Waals surface area (Å²) in [5, 5.41) is 13.4. The summed E-state index contributed by atoms with van der Waals surface area (Å²) >= 11 is 6.13. The third-order valence-corrected chi connectivity index (χ3v) is 6.92. The van der Waals surface area contributed by atoms with E-state index in [0.717, 1.165) is 38.0 Å². The van der Waals surface area contributed by atoms with E-state index in [-0.39, 0.29) is 18.1 Å². The van der Waals surface area contributed by atoms with Crippen molar-refractivity contribution in [3.63, 3.8) is 0 Å². The lowest BCUT2D eigenvalue weighted by molar-refractivity contribution is -0.124. The predicted molar refractivity (Wildman–Crippen MR) is 116 cm³/mol. The quantitative estimate of drug-likeness (QED) is 0.675. The summed E-state index contributed by atoms with van der Waals surface area (Å²) in [6.07, 6.45) is 3.73. The van der Waals surface area contributed by atoms with E-state index < -0.39 is 5.54 Å². The smallest absolute Gasteiger partial charge is 0.243 e. The van der Waals surface area contributed by atoms with Gasteiger partial charge >= 0.3 is 0 Å². The number of anilines is 1. The Morgan fingerprint density at radius 1 is 1.14 bits per heavy atom. The number of nitrogens with one attached hydrogen (secondary N) is 1. The number of primary amides is 1. The lowest BCUT2D eigenvalue weighted by Gasteiger charge is -2.48. The molecule has 0 bridgehead atoms. The molecule has 0 atom stereocenters. The molecule has 1 aliphatic heterocycles. The molecular weight excluding hydrogens is 386 g/mol. The van der Waals surface area contributed by atoms with Gasteiger partial charge in [-0.1, -0.05) is 41.9 Å². The maximum absolute atomic E-state index is 12.5. The number of aliphatic hydroxyl groups excluding tert-OH is 1. The number of aliphatic hydroxyl groups is 1. The summed E-state index contributed by atoms with van der Waals surface area (Å²) in [7, 11) is 0. The molecule has 1 fully saturated rings. The maximum atomic E-state index is 12.5. The molecule has 1 spiro atoms. The highest BCUT2D eigenvalue weighted by molar-refractivity contribution is 6.30. The molecule has 29 heavy (non-hydrogen) atoms. The number of benzene rings is 2. The average Bonchev–Trinajstić information content (AvgIpc) is 3.01. The van der Waals surface area contributed by atoms with Crippen LogP contribution in [0.25, 0.3) is 0 Å². The first-order chi connectivity index (χ1) is 14.0. The normalized spacial score (nSPS) is 26.4. The molecule has 2 aliphatic rings. The zero-order valence-electron chi connectivity index (χ0n) is 16.5. The number of amides is 1. The number of carbonyl (C=O) groups excluding carboxylic acids is 1. The lowest BCUT2D eigenvalue weighted by atomic mass is 9.68. The molecule has 1 heterocycles. The SMILES string of the molecule is NC(=O)C1(Nc2cccc(Cl)c2)CCC2(CC1)c1ccccc1CN2CCCO. The van der Waals surface area contributed by atoms with Gasteiger partial charge in [-0.15, -0.1) is 0 Å². The van der Waals surface area contributed by atoms with E-state index >= 15 is 0 Å². The lowest BCUT2D eigenvalue weighted by Crippen LogP contribution is -2.57. The van der Waals surface area contributed by atoms with Crippen LogP contribution < -0.4 is 11.1 Å². The van der Waals surface area contributed by atoms with E-state index in [4.69, 9.17) is 17.3 Å². The Bertz CT molecular complexity index is 893. The molecular formula is C23H28ClN3O2. The van der Waals surface area contributed by atoms with Crippen LogP contribution in [0.2, 0.25) is 5.02 Å². The van der Waals surface area contributed by atoms with E-state index in [1.165, 1.54) is 11.1 Å². The monoisotopic (exact) mass is 413 g/mol. The number of carbonyl (C=O) groups is 1. The Morgan fingerprint density at radius 2 is 1.90 bits per heavy atom. The van der Waals surface area contributed by atoms with Crippen LogP contribution >= 0.6 is 11.6 Å². The Kier molecular flexibility index (Phi) is 5.56. The molecule has 0 aromatic heterocycles. The number of halogens is 1. The topological polar surface area (TPSA) is 78.6 Å². The number of nitrogens with two attached hydrogens (primary N) is 1. The fourth-order valence-corrected chi connectivity index (χ4v) is 5.34. The van der Waals surface area contributed by atoms with E-state index in [1.54, 1.807) is 0 Å². The molecule has 0 unspecified atom stereocenters. The summed E-state index contributed by atoms with van der Waals surface area (Å²) in [5.41, 5.74) is 8.55. The van der Waals surface area contributed by atoms with E-state index in [2.05, 4.69) is 34.5 Å². The van der Waals surface area contributed by atoms with Gasteiger partial charge in [0.2, 0.25) is 5.91 Å². The predicted octanol–water partition coefficient (Wildman–Crippen LogP) is 3.64. The average molecular weight is 414 g/mol. The van der Waals surface area contributed by atoms with Crippen molar-refractivity contribution in [3.8, 4) is 0 Å². The van der Waals surface area contributed by atoms with Crippen molar-refractivity contribution >= 4 is 23.2 Å². The number of nitrogens with zero attached hydrogens (tertiary/aromatic N) is 1. The van der Waals surface area contributed by atoms with Gasteiger partial charge in [-0.2, -0.15) is 0 Å². The molecule has 2 aromatic carbocycles. The summed E-state index contributed by atoms with van der Waals surface area (Å²) in [6, 6.07) is 16.0. The van der Waals surface area contributed by atoms with Gasteiger partial charge in [0.15, 0.2) is 0 Å². The highest BCUT2D eigenvalue weighted by Gasteiger charge is 2.52. The van der Waals surface area contributed by atoms with E-state index in [9.17, 15) is 9.90 Å². The van der Waals surface area contributed by atoms with Crippen molar-refractivity contribution in [2.24, 2.45) is 5.73 Å². The van der Waals surface area contributed by atoms with Crippen molar-refractivity contribution in [1.29, 1.82) is 0 Å². The summed E-state index contributed by atoms with van der Waals surface area (Å²) in [5.74, 6) is -0.319. The fraction of sp³-hybridized carbons (Fsp3) is 0.435. The van der Waals surface area contributed by atoms with Gasteiger partial charge < -0.3 is 16.2 Å². The first kappa shape index (κ1) is 20.2. The third-order valence-electron chi connectivity index (χ3n) is 6.68. The van der Waals surface area contributed by atoms with Crippen LogP contribution in [0.3, 0.4) is 0 Å². The van der Waals surface area contributed by atoms with Crippen LogP contribution in [0.1, 0.15) is 43.2 Å². The van der Waals surface area contributed by atoms with Crippen LogP contribution in [-0.4, -0.2) is 34.6 Å². The maximum Gasteiger partial charge on any atom is 0.243 e. The molecule has 0 saturated heterocycles. The minimum Gasteiger partial charge on any atom is -0.396 e. The van der Waals surface area contributed by atoms with Gasteiger partial charge in [0.1, 0.15) is 5.54 Å². The zero-order valence-corrected chi connectivity index (χ0v) is 17.3. The third kappa shape index (κ3) is 3.63. The molecule has 0 radical (unpaired) electrons. The van der Waals surface area contributed by atoms with Crippen LogP contribution in [0.4, 0.5) is 5.69 Å². The van der Waals surface area contributed by atoms with Crippen molar-refractivity contribution in [3.05, 3.63) is 64.7 Å². The van der Waals surface area contributed by atoms with E-state index in [0.29, 0.717) is 17.9 Å². The first-order valence-corrected chi connectivity index (χ1v) is 10.6. The summed E-state index contributed by atoms with van der Waals surface area (Å²) in [6.45, 7) is 1.92. The van der Waals surface area contributed by atoms with Gasteiger partial charge in [-0.05, 0) is 61.4 Å². The Balaban J connectivity index is 1.61. The highest BCUT2D eigenvalue weighted by Crippen LogP contribution is 2.51.